The van der Waals surface area contributed by atoms with Crippen LogP contribution in [0, 0.1) is 5.82 Å². The summed E-state index contributed by atoms with van der Waals surface area (Å²) in [7, 11) is 1.70. The molecule has 0 aromatic heterocycles. The van der Waals surface area contributed by atoms with E-state index in [-0.39, 0.29) is 18.3 Å². The molecular weight excluding hydrogens is 247 g/mol. The summed E-state index contributed by atoms with van der Waals surface area (Å²) >= 11 is 0. The van der Waals surface area contributed by atoms with E-state index in [9.17, 15) is 9.18 Å². The van der Waals surface area contributed by atoms with Gasteiger partial charge in [0.05, 0.1) is 13.1 Å². The highest BCUT2D eigenvalue weighted by atomic mass is 19.1. The van der Waals surface area contributed by atoms with Gasteiger partial charge in [-0.2, -0.15) is 0 Å². The molecule has 0 radical (unpaired) electrons. The Labute approximate surface area is 112 Å². The third-order valence-corrected chi connectivity index (χ3v) is 2.48. The average Bonchev–Trinajstić information content (AvgIpc) is 2.39. The smallest absolute Gasteiger partial charge is 0.236 e. The lowest BCUT2D eigenvalue weighted by Crippen LogP contribution is -2.37. The number of ether oxygens (including phenoxy) is 1. The van der Waals surface area contributed by atoms with Crippen molar-refractivity contribution in [3.8, 4) is 5.75 Å². The summed E-state index contributed by atoms with van der Waals surface area (Å²) in [6.07, 6.45) is 1.69. The number of halogens is 1. The quantitative estimate of drug-likeness (QED) is 0.572. The molecule has 1 aromatic rings. The van der Waals surface area contributed by atoms with Gasteiger partial charge in [-0.25, -0.2) is 4.39 Å². The normalized spacial score (nSPS) is 10.0. The lowest BCUT2D eigenvalue weighted by Gasteiger charge is -2.17. The number of nitrogens with one attached hydrogen (secondary N) is 1. The summed E-state index contributed by atoms with van der Waals surface area (Å²) < 4.78 is 18.3. The van der Waals surface area contributed by atoms with Gasteiger partial charge in [0.15, 0.2) is 0 Å². The van der Waals surface area contributed by atoms with Gasteiger partial charge in [0.25, 0.3) is 0 Å². The molecule has 0 fully saturated rings. The first-order valence-electron chi connectivity index (χ1n) is 6.07. The minimum atomic E-state index is -0.337. The van der Waals surface area contributed by atoms with Crippen molar-refractivity contribution >= 4 is 5.91 Å². The topological polar surface area (TPSA) is 41.6 Å². The van der Waals surface area contributed by atoms with E-state index in [4.69, 9.17) is 4.74 Å². The van der Waals surface area contributed by atoms with Crippen LogP contribution in [-0.4, -0.2) is 44.1 Å². The van der Waals surface area contributed by atoms with Crippen molar-refractivity contribution in [1.29, 1.82) is 0 Å². The van der Waals surface area contributed by atoms with Crippen LogP contribution in [-0.2, 0) is 4.79 Å². The van der Waals surface area contributed by atoms with Gasteiger partial charge in [-0.1, -0.05) is 12.1 Å². The number of amides is 1. The van der Waals surface area contributed by atoms with Gasteiger partial charge in [-0.05, 0) is 12.1 Å². The van der Waals surface area contributed by atoms with E-state index in [0.717, 1.165) is 0 Å². The Morgan fingerprint density at radius 2 is 2.37 bits per heavy atom. The molecule has 1 aromatic carbocycles. The minimum Gasteiger partial charge on any atom is -0.492 e. The first-order chi connectivity index (χ1) is 9.13. The maximum Gasteiger partial charge on any atom is 0.236 e. The Bertz CT molecular complexity index is 424. The van der Waals surface area contributed by atoms with E-state index in [1.54, 1.807) is 30.2 Å². The lowest BCUT2D eigenvalue weighted by molar-refractivity contribution is -0.129. The van der Waals surface area contributed by atoms with Crippen LogP contribution < -0.4 is 10.1 Å². The van der Waals surface area contributed by atoms with Crippen LogP contribution in [0.2, 0.25) is 0 Å². The molecule has 5 heteroatoms. The van der Waals surface area contributed by atoms with E-state index in [1.165, 1.54) is 12.1 Å². The maximum atomic E-state index is 12.9. The molecular formula is C14H19FN2O2. The molecule has 0 saturated carbocycles. The number of hydrogen-bond donors (Lipinski definition) is 1. The van der Waals surface area contributed by atoms with E-state index >= 15 is 0 Å². The summed E-state index contributed by atoms with van der Waals surface area (Å²) in [5, 5.41) is 2.93. The van der Waals surface area contributed by atoms with E-state index in [0.29, 0.717) is 25.4 Å². The standard InChI is InChI=1S/C14H19FN2O2/c1-3-7-16-11-14(18)17(2)8-9-19-13-6-4-5-12(15)10-13/h3-6,10,16H,1,7-9,11H2,2H3. The van der Waals surface area contributed by atoms with Crippen molar-refractivity contribution in [3.05, 3.63) is 42.7 Å². The fourth-order valence-corrected chi connectivity index (χ4v) is 1.40. The van der Waals surface area contributed by atoms with Gasteiger partial charge in [-0.15, -0.1) is 6.58 Å². The Kier molecular flexibility index (Phi) is 6.60. The molecule has 4 nitrogen and oxygen atoms in total. The highest BCUT2D eigenvalue weighted by molar-refractivity contribution is 5.77. The average molecular weight is 266 g/mol. The minimum absolute atomic E-state index is 0.0234. The Balaban J connectivity index is 2.24. The van der Waals surface area contributed by atoms with Crippen LogP contribution in [0.3, 0.4) is 0 Å². The van der Waals surface area contributed by atoms with Crippen LogP contribution in [0.5, 0.6) is 5.75 Å². The van der Waals surface area contributed by atoms with Gasteiger partial charge in [0.1, 0.15) is 18.2 Å². The first-order valence-corrected chi connectivity index (χ1v) is 6.07. The molecule has 0 saturated heterocycles. The zero-order chi connectivity index (χ0) is 14.1. The Morgan fingerprint density at radius 1 is 1.58 bits per heavy atom. The third kappa shape index (κ3) is 6.01. The summed E-state index contributed by atoms with van der Waals surface area (Å²) in [6, 6.07) is 5.93. The lowest BCUT2D eigenvalue weighted by atomic mass is 10.3. The molecule has 0 spiro atoms. The van der Waals surface area contributed by atoms with Crippen molar-refractivity contribution in [1.82, 2.24) is 10.2 Å². The van der Waals surface area contributed by atoms with Crippen LogP contribution in [0.1, 0.15) is 0 Å². The van der Waals surface area contributed by atoms with Gasteiger partial charge in [0, 0.05) is 19.7 Å². The second-order valence-electron chi connectivity index (χ2n) is 4.04. The summed E-state index contributed by atoms with van der Waals surface area (Å²) in [5.41, 5.74) is 0. The van der Waals surface area contributed by atoms with Crippen molar-refractivity contribution in [2.75, 3.05) is 33.3 Å². The molecule has 0 atom stereocenters. The number of carbonyl (C=O) groups is 1. The number of likely N-dealkylation sites (N-methyl/N-ethyl adjacent to an activating group) is 1. The number of benzene rings is 1. The molecule has 0 bridgehead atoms. The van der Waals surface area contributed by atoms with Crippen LogP contribution in [0.25, 0.3) is 0 Å². The zero-order valence-corrected chi connectivity index (χ0v) is 11.1. The van der Waals surface area contributed by atoms with Crippen molar-refractivity contribution in [2.24, 2.45) is 0 Å². The molecule has 0 aliphatic heterocycles. The molecule has 1 amide bonds. The van der Waals surface area contributed by atoms with Gasteiger partial charge >= 0.3 is 0 Å². The third-order valence-electron chi connectivity index (χ3n) is 2.48. The predicted octanol–water partition coefficient (Wildman–Crippen LogP) is 1.44. The van der Waals surface area contributed by atoms with Crippen LogP contribution in [0.4, 0.5) is 4.39 Å². The number of carbonyl (C=O) groups excluding carboxylic acids is 1. The number of nitrogens with zero attached hydrogens (tertiary/aromatic N) is 1. The van der Waals surface area contributed by atoms with E-state index in [1.807, 2.05) is 0 Å². The molecule has 0 aliphatic carbocycles. The molecule has 1 N–H and O–H groups in total. The fraction of sp³-hybridized carbons (Fsp3) is 0.357. The molecule has 19 heavy (non-hydrogen) atoms. The van der Waals surface area contributed by atoms with Crippen molar-refractivity contribution in [2.45, 2.75) is 0 Å². The molecule has 0 aliphatic rings. The molecule has 1 rings (SSSR count). The van der Waals surface area contributed by atoms with Gasteiger partial charge in [0.2, 0.25) is 5.91 Å². The van der Waals surface area contributed by atoms with Crippen molar-refractivity contribution in [3.63, 3.8) is 0 Å². The maximum absolute atomic E-state index is 12.9. The summed E-state index contributed by atoms with van der Waals surface area (Å²) in [4.78, 5) is 13.2. The molecule has 0 heterocycles. The van der Waals surface area contributed by atoms with Gasteiger partial charge < -0.3 is 15.0 Å². The second-order valence-corrected chi connectivity index (χ2v) is 4.04. The SMILES string of the molecule is C=CCNCC(=O)N(C)CCOc1cccc(F)c1. The molecule has 0 unspecified atom stereocenters. The van der Waals surface area contributed by atoms with Crippen LogP contribution >= 0.6 is 0 Å². The second kappa shape index (κ2) is 8.26. The molecule has 104 valence electrons. The Morgan fingerprint density at radius 3 is 3.05 bits per heavy atom. The van der Waals surface area contributed by atoms with Crippen LogP contribution in [0.15, 0.2) is 36.9 Å². The number of rotatable bonds is 8. The first kappa shape index (κ1) is 15.2. The Hall–Kier alpha value is -1.88. The van der Waals surface area contributed by atoms with Crippen molar-refractivity contribution < 1.29 is 13.9 Å². The van der Waals surface area contributed by atoms with E-state index < -0.39 is 0 Å². The summed E-state index contributed by atoms with van der Waals surface area (Å²) in [5.74, 6) is 0.103. The summed E-state index contributed by atoms with van der Waals surface area (Å²) in [6.45, 7) is 5.19. The van der Waals surface area contributed by atoms with E-state index in [2.05, 4.69) is 11.9 Å². The van der Waals surface area contributed by atoms with Gasteiger partial charge in [-0.3, -0.25) is 4.79 Å². The zero-order valence-electron chi connectivity index (χ0n) is 11.1. The predicted molar refractivity (Wildman–Crippen MR) is 72.6 cm³/mol. The largest absolute Gasteiger partial charge is 0.492 e. The number of hydrogen-bond acceptors (Lipinski definition) is 3. The fourth-order valence-electron chi connectivity index (χ4n) is 1.40. The highest BCUT2D eigenvalue weighted by Crippen LogP contribution is 2.11. The highest BCUT2D eigenvalue weighted by Gasteiger charge is 2.07. The monoisotopic (exact) mass is 266 g/mol.